The smallest absolute Gasteiger partial charge is 0.416 e. The Bertz CT molecular complexity index is 1020. The van der Waals surface area contributed by atoms with Crippen molar-refractivity contribution in [1.82, 2.24) is 4.98 Å². The summed E-state index contributed by atoms with van der Waals surface area (Å²) in [6.07, 6.45) is -0.908. The molecule has 0 radical (unpaired) electrons. The van der Waals surface area contributed by atoms with Crippen LogP contribution < -0.4 is 0 Å². The van der Waals surface area contributed by atoms with E-state index in [0.29, 0.717) is 22.3 Å². The lowest BCUT2D eigenvalue weighted by molar-refractivity contribution is -0.137. The van der Waals surface area contributed by atoms with Gasteiger partial charge in [-0.2, -0.15) is 13.2 Å². The van der Waals surface area contributed by atoms with Crippen LogP contribution in [0.2, 0.25) is 0 Å². The minimum atomic E-state index is -4.44. The van der Waals surface area contributed by atoms with Gasteiger partial charge in [0.05, 0.1) is 5.56 Å². The van der Waals surface area contributed by atoms with Gasteiger partial charge in [-0.05, 0) is 50.1 Å². The first-order chi connectivity index (χ1) is 12.6. The SMILES string of the molecule is Cc1c(C)c(O)c(/C=C/Cc2nc3cc(C(F)(F)F)ccc3o2)c(C)c1O. The number of alkyl halides is 3. The Morgan fingerprint density at radius 1 is 1.04 bits per heavy atom. The number of allylic oxidation sites excluding steroid dienone is 1. The van der Waals surface area contributed by atoms with Crippen LogP contribution >= 0.6 is 0 Å². The first-order valence-corrected chi connectivity index (χ1v) is 8.24. The Morgan fingerprint density at radius 3 is 2.37 bits per heavy atom. The van der Waals surface area contributed by atoms with Crippen molar-refractivity contribution >= 4 is 17.2 Å². The molecule has 4 nitrogen and oxygen atoms in total. The zero-order valence-electron chi connectivity index (χ0n) is 15.0. The molecule has 0 fully saturated rings. The van der Waals surface area contributed by atoms with Crippen LogP contribution in [0.5, 0.6) is 11.5 Å². The Balaban J connectivity index is 1.87. The maximum absolute atomic E-state index is 12.8. The van der Waals surface area contributed by atoms with Gasteiger partial charge >= 0.3 is 6.18 Å². The fourth-order valence-electron chi connectivity index (χ4n) is 2.86. The molecule has 1 heterocycles. The standard InChI is InChI=1S/C20H18F3NO3/c1-10-11(2)19(26)14(12(3)18(10)25)5-4-6-17-24-15-9-13(20(21,22)23)7-8-16(15)27-17/h4-5,7-9,25-26H,6H2,1-3H3/b5-4+. The van der Waals surface area contributed by atoms with Gasteiger partial charge in [0.1, 0.15) is 17.0 Å². The molecule has 0 saturated heterocycles. The minimum Gasteiger partial charge on any atom is -0.507 e. The highest BCUT2D eigenvalue weighted by Gasteiger charge is 2.31. The molecule has 27 heavy (non-hydrogen) atoms. The molecule has 2 N–H and O–H groups in total. The summed E-state index contributed by atoms with van der Waals surface area (Å²) in [4.78, 5) is 4.08. The summed E-state index contributed by atoms with van der Waals surface area (Å²) in [5, 5.41) is 20.4. The van der Waals surface area contributed by atoms with E-state index in [1.807, 2.05) is 0 Å². The van der Waals surface area contributed by atoms with Crippen LogP contribution in [0.4, 0.5) is 13.2 Å². The zero-order chi connectivity index (χ0) is 19.9. The topological polar surface area (TPSA) is 66.5 Å². The van der Waals surface area contributed by atoms with Gasteiger partial charge in [0.15, 0.2) is 11.5 Å². The molecule has 0 saturated carbocycles. The number of hydrogen-bond acceptors (Lipinski definition) is 4. The summed E-state index contributed by atoms with van der Waals surface area (Å²) in [6, 6.07) is 3.14. The third-order valence-corrected chi connectivity index (χ3v) is 4.62. The van der Waals surface area contributed by atoms with Crippen molar-refractivity contribution in [3.05, 3.63) is 58.0 Å². The highest BCUT2D eigenvalue weighted by Crippen LogP contribution is 2.37. The van der Waals surface area contributed by atoms with Crippen LogP contribution in [0.1, 0.15) is 33.7 Å². The van der Waals surface area contributed by atoms with Crippen molar-refractivity contribution < 1.29 is 27.8 Å². The largest absolute Gasteiger partial charge is 0.507 e. The number of benzene rings is 2. The number of oxazole rings is 1. The number of rotatable bonds is 3. The van der Waals surface area contributed by atoms with Crippen molar-refractivity contribution in [2.24, 2.45) is 0 Å². The van der Waals surface area contributed by atoms with Crippen LogP contribution in [-0.2, 0) is 12.6 Å². The quantitative estimate of drug-likeness (QED) is 0.597. The van der Waals surface area contributed by atoms with Crippen LogP contribution in [0.25, 0.3) is 17.2 Å². The van der Waals surface area contributed by atoms with E-state index in [4.69, 9.17) is 4.42 Å². The molecule has 1 aromatic heterocycles. The normalized spacial score (nSPS) is 12.4. The van der Waals surface area contributed by atoms with Crippen LogP contribution in [0.3, 0.4) is 0 Å². The van der Waals surface area contributed by atoms with Gasteiger partial charge < -0.3 is 14.6 Å². The number of phenols is 2. The Kier molecular flexibility index (Phi) is 4.63. The van der Waals surface area contributed by atoms with E-state index in [9.17, 15) is 23.4 Å². The zero-order valence-corrected chi connectivity index (χ0v) is 15.0. The second kappa shape index (κ2) is 6.64. The lowest BCUT2D eigenvalue weighted by Crippen LogP contribution is -2.03. The number of phenolic OH excluding ortho intramolecular Hbond substituents is 2. The molecule has 0 amide bonds. The highest BCUT2D eigenvalue weighted by molar-refractivity contribution is 5.74. The van der Waals surface area contributed by atoms with E-state index in [1.165, 1.54) is 6.07 Å². The lowest BCUT2D eigenvalue weighted by Gasteiger charge is -2.13. The van der Waals surface area contributed by atoms with E-state index in [2.05, 4.69) is 4.98 Å². The van der Waals surface area contributed by atoms with Gasteiger partial charge in [-0.1, -0.05) is 12.2 Å². The molecule has 0 aliphatic rings. The predicted molar refractivity (Wildman–Crippen MR) is 95.7 cm³/mol. The average Bonchev–Trinajstić information content (AvgIpc) is 3.02. The molecular weight excluding hydrogens is 359 g/mol. The van der Waals surface area contributed by atoms with Crippen molar-refractivity contribution in [1.29, 1.82) is 0 Å². The summed E-state index contributed by atoms with van der Waals surface area (Å²) >= 11 is 0. The second-order valence-corrected chi connectivity index (χ2v) is 6.38. The molecule has 2 aromatic carbocycles. The summed E-state index contributed by atoms with van der Waals surface area (Å²) in [6.45, 7) is 5.12. The Hall–Kier alpha value is -2.96. The number of aromatic nitrogens is 1. The monoisotopic (exact) mass is 377 g/mol. The molecule has 0 spiro atoms. The van der Waals surface area contributed by atoms with Gasteiger partial charge in [-0.3, -0.25) is 0 Å². The van der Waals surface area contributed by atoms with Gasteiger partial charge in [0.25, 0.3) is 0 Å². The molecule has 3 rings (SSSR count). The predicted octanol–water partition coefficient (Wildman–Crippen LogP) is 5.44. The van der Waals surface area contributed by atoms with E-state index in [0.717, 1.165) is 12.1 Å². The number of aromatic hydroxyl groups is 2. The Labute approximate surface area is 153 Å². The molecule has 7 heteroatoms. The summed E-state index contributed by atoms with van der Waals surface area (Å²) in [5.41, 5.74) is 1.84. The fourth-order valence-corrected chi connectivity index (χ4v) is 2.86. The molecule has 0 bridgehead atoms. The highest BCUT2D eigenvalue weighted by atomic mass is 19.4. The van der Waals surface area contributed by atoms with E-state index in [-0.39, 0.29) is 34.9 Å². The average molecular weight is 377 g/mol. The molecule has 0 atom stereocenters. The summed E-state index contributed by atoms with van der Waals surface area (Å²) in [5.74, 6) is 0.448. The fraction of sp³-hybridized carbons (Fsp3) is 0.250. The number of fused-ring (bicyclic) bond motifs is 1. The summed E-state index contributed by atoms with van der Waals surface area (Å²) < 4.78 is 43.8. The van der Waals surface area contributed by atoms with Crippen molar-refractivity contribution in [2.45, 2.75) is 33.4 Å². The first-order valence-electron chi connectivity index (χ1n) is 8.24. The van der Waals surface area contributed by atoms with Gasteiger partial charge in [-0.25, -0.2) is 4.98 Å². The van der Waals surface area contributed by atoms with Crippen LogP contribution in [0, 0.1) is 20.8 Å². The number of halogens is 3. The van der Waals surface area contributed by atoms with Gasteiger partial charge in [0.2, 0.25) is 0 Å². The minimum absolute atomic E-state index is 0.0754. The second-order valence-electron chi connectivity index (χ2n) is 6.38. The van der Waals surface area contributed by atoms with E-state index >= 15 is 0 Å². The molecule has 0 unspecified atom stereocenters. The lowest BCUT2D eigenvalue weighted by atomic mass is 9.97. The van der Waals surface area contributed by atoms with Gasteiger partial charge in [0, 0.05) is 17.5 Å². The third kappa shape index (κ3) is 3.49. The molecule has 0 aliphatic carbocycles. The first kappa shape index (κ1) is 18.8. The van der Waals surface area contributed by atoms with E-state index < -0.39 is 11.7 Å². The molecule has 0 aliphatic heterocycles. The van der Waals surface area contributed by atoms with Crippen molar-refractivity contribution in [2.75, 3.05) is 0 Å². The maximum atomic E-state index is 12.8. The number of hydrogen-bond donors (Lipinski definition) is 2. The van der Waals surface area contributed by atoms with Crippen LogP contribution in [-0.4, -0.2) is 15.2 Å². The van der Waals surface area contributed by atoms with Crippen LogP contribution in [0.15, 0.2) is 28.7 Å². The Morgan fingerprint density at radius 2 is 1.70 bits per heavy atom. The van der Waals surface area contributed by atoms with E-state index in [1.54, 1.807) is 32.9 Å². The molecule has 142 valence electrons. The van der Waals surface area contributed by atoms with Crippen molar-refractivity contribution in [3.63, 3.8) is 0 Å². The van der Waals surface area contributed by atoms with Gasteiger partial charge in [-0.15, -0.1) is 0 Å². The third-order valence-electron chi connectivity index (χ3n) is 4.62. The molecule has 3 aromatic rings. The summed E-state index contributed by atoms with van der Waals surface area (Å²) in [7, 11) is 0. The maximum Gasteiger partial charge on any atom is 0.416 e. The number of nitrogens with zero attached hydrogens (tertiary/aromatic N) is 1. The molecular formula is C20H18F3NO3. The van der Waals surface area contributed by atoms with Crippen molar-refractivity contribution in [3.8, 4) is 11.5 Å².